The lowest BCUT2D eigenvalue weighted by molar-refractivity contribution is -0.0329. The van der Waals surface area contributed by atoms with Crippen LogP contribution in [0.1, 0.15) is 26.7 Å². The van der Waals surface area contributed by atoms with E-state index in [1.54, 1.807) is 0 Å². The van der Waals surface area contributed by atoms with Crippen molar-refractivity contribution in [2.24, 2.45) is 5.41 Å². The molecule has 1 unspecified atom stereocenters. The average molecular weight is 271 g/mol. The lowest BCUT2D eigenvalue weighted by atomic mass is 9.84. The van der Waals surface area contributed by atoms with Gasteiger partial charge in [-0.15, -0.1) is 0 Å². The Morgan fingerprint density at radius 1 is 1.41 bits per heavy atom. The highest BCUT2D eigenvalue weighted by molar-refractivity contribution is 8.00. The summed E-state index contributed by atoms with van der Waals surface area (Å²) in [6, 6.07) is 0.350. The van der Waals surface area contributed by atoms with Crippen LogP contribution in [0.2, 0.25) is 0 Å². The minimum absolute atomic E-state index is 0.0699. The number of thioether (sulfide) groups is 1. The van der Waals surface area contributed by atoms with Crippen molar-refractivity contribution in [3.8, 4) is 0 Å². The molecule has 0 spiro atoms. The molecule has 17 heavy (non-hydrogen) atoms. The van der Waals surface area contributed by atoms with Crippen molar-refractivity contribution in [1.82, 2.24) is 5.32 Å². The van der Waals surface area contributed by atoms with Crippen LogP contribution in [0.4, 0.5) is 13.2 Å². The second-order valence-corrected chi connectivity index (χ2v) is 6.04. The van der Waals surface area contributed by atoms with E-state index in [0.29, 0.717) is 25.7 Å². The predicted molar refractivity (Wildman–Crippen MR) is 64.1 cm³/mol. The summed E-state index contributed by atoms with van der Waals surface area (Å²) in [7, 11) is 0. The summed E-state index contributed by atoms with van der Waals surface area (Å²) in [6.45, 7) is 6.05. The molecule has 0 bridgehead atoms. The largest absolute Gasteiger partial charge is 0.441 e. The molecule has 1 heterocycles. The van der Waals surface area contributed by atoms with E-state index in [1.165, 1.54) is 0 Å². The third-order valence-electron chi connectivity index (χ3n) is 2.97. The van der Waals surface area contributed by atoms with Gasteiger partial charge in [0.05, 0.1) is 6.61 Å². The van der Waals surface area contributed by atoms with Gasteiger partial charge >= 0.3 is 5.51 Å². The van der Waals surface area contributed by atoms with Crippen molar-refractivity contribution in [2.75, 3.05) is 25.5 Å². The van der Waals surface area contributed by atoms with Crippen LogP contribution >= 0.6 is 11.8 Å². The Morgan fingerprint density at radius 3 is 2.59 bits per heavy atom. The van der Waals surface area contributed by atoms with E-state index in [2.05, 4.69) is 5.32 Å². The molecule has 0 saturated carbocycles. The van der Waals surface area contributed by atoms with Gasteiger partial charge in [0, 0.05) is 30.4 Å². The zero-order valence-electron chi connectivity index (χ0n) is 10.3. The van der Waals surface area contributed by atoms with E-state index in [9.17, 15) is 13.2 Å². The van der Waals surface area contributed by atoms with Crippen LogP contribution in [0.25, 0.3) is 0 Å². The Morgan fingerprint density at radius 2 is 2.12 bits per heavy atom. The standard InChI is InChI=1S/C11H20F3NOS/c1-9(2)15-7-10(3-5-16-8-10)4-6-17-11(12,13)14/h9,15H,3-8H2,1-2H3. The van der Waals surface area contributed by atoms with E-state index in [0.717, 1.165) is 13.0 Å². The van der Waals surface area contributed by atoms with Crippen molar-refractivity contribution in [2.45, 2.75) is 38.2 Å². The Balaban J connectivity index is 2.37. The molecule has 0 aromatic rings. The molecule has 0 aromatic carbocycles. The summed E-state index contributed by atoms with van der Waals surface area (Å²) in [5, 5.41) is 3.31. The van der Waals surface area contributed by atoms with Gasteiger partial charge in [0.2, 0.25) is 0 Å². The van der Waals surface area contributed by atoms with E-state index < -0.39 is 5.51 Å². The molecule has 1 N–H and O–H groups in total. The maximum atomic E-state index is 12.1. The topological polar surface area (TPSA) is 21.3 Å². The number of alkyl halides is 3. The Labute approximate surface area is 105 Å². The highest BCUT2D eigenvalue weighted by Crippen LogP contribution is 2.37. The van der Waals surface area contributed by atoms with Gasteiger partial charge in [-0.25, -0.2) is 0 Å². The minimum atomic E-state index is -4.12. The fraction of sp³-hybridized carbons (Fsp3) is 1.00. The van der Waals surface area contributed by atoms with Crippen molar-refractivity contribution < 1.29 is 17.9 Å². The molecule has 1 atom stereocenters. The first-order valence-electron chi connectivity index (χ1n) is 5.85. The minimum Gasteiger partial charge on any atom is -0.381 e. The molecule has 0 radical (unpaired) electrons. The van der Waals surface area contributed by atoms with Gasteiger partial charge in [-0.3, -0.25) is 0 Å². The van der Waals surface area contributed by atoms with E-state index in [-0.39, 0.29) is 22.9 Å². The lowest BCUT2D eigenvalue weighted by Crippen LogP contribution is -2.38. The molecule has 2 nitrogen and oxygen atoms in total. The number of nitrogens with one attached hydrogen (secondary N) is 1. The van der Waals surface area contributed by atoms with Crippen LogP contribution in [-0.4, -0.2) is 37.1 Å². The summed E-state index contributed by atoms with van der Waals surface area (Å²) in [4.78, 5) is 0. The normalized spacial score (nSPS) is 25.8. The van der Waals surface area contributed by atoms with E-state index in [4.69, 9.17) is 4.74 Å². The zero-order chi connectivity index (χ0) is 12.9. The number of halogens is 3. The third-order valence-corrected chi connectivity index (χ3v) is 3.70. The third kappa shape index (κ3) is 5.97. The van der Waals surface area contributed by atoms with Crippen LogP contribution in [0.5, 0.6) is 0 Å². The molecule has 0 amide bonds. The van der Waals surface area contributed by atoms with Crippen molar-refractivity contribution in [1.29, 1.82) is 0 Å². The van der Waals surface area contributed by atoms with Gasteiger partial charge in [0.25, 0.3) is 0 Å². The van der Waals surface area contributed by atoms with Gasteiger partial charge in [0.15, 0.2) is 0 Å². The maximum absolute atomic E-state index is 12.1. The Kier molecular flexibility index (Phi) is 5.60. The summed E-state index contributed by atoms with van der Waals surface area (Å²) in [5.74, 6) is 0.118. The summed E-state index contributed by atoms with van der Waals surface area (Å²) in [6.07, 6.45) is 1.40. The summed E-state index contributed by atoms with van der Waals surface area (Å²) in [5.41, 5.74) is -4.23. The van der Waals surface area contributed by atoms with E-state index >= 15 is 0 Å². The quantitative estimate of drug-likeness (QED) is 0.802. The molecule has 0 aromatic heterocycles. The second-order valence-electron chi connectivity index (χ2n) is 4.88. The average Bonchev–Trinajstić information content (AvgIpc) is 2.62. The first kappa shape index (κ1) is 15.1. The number of hydrogen-bond acceptors (Lipinski definition) is 3. The smallest absolute Gasteiger partial charge is 0.381 e. The summed E-state index contributed by atoms with van der Waals surface area (Å²) >= 11 is 0.0699. The number of ether oxygens (including phenoxy) is 1. The van der Waals surface area contributed by atoms with Crippen molar-refractivity contribution in [3.63, 3.8) is 0 Å². The van der Waals surface area contributed by atoms with Gasteiger partial charge in [-0.05, 0) is 12.8 Å². The second kappa shape index (κ2) is 6.29. The van der Waals surface area contributed by atoms with Crippen molar-refractivity contribution in [3.05, 3.63) is 0 Å². The monoisotopic (exact) mass is 271 g/mol. The Bertz CT molecular complexity index is 227. The van der Waals surface area contributed by atoms with Crippen LogP contribution in [-0.2, 0) is 4.74 Å². The van der Waals surface area contributed by atoms with Gasteiger partial charge < -0.3 is 10.1 Å². The van der Waals surface area contributed by atoms with Crippen LogP contribution in [0.3, 0.4) is 0 Å². The van der Waals surface area contributed by atoms with Gasteiger partial charge in [-0.2, -0.15) is 13.2 Å². The maximum Gasteiger partial charge on any atom is 0.441 e. The number of rotatable bonds is 6. The molecule has 102 valence electrons. The SMILES string of the molecule is CC(C)NCC1(CCSC(F)(F)F)CCOC1. The molecular formula is C11H20F3NOS. The van der Waals surface area contributed by atoms with Crippen LogP contribution in [0, 0.1) is 5.41 Å². The predicted octanol–water partition coefficient (Wildman–Crippen LogP) is 3.03. The number of hydrogen-bond donors (Lipinski definition) is 1. The molecule has 1 saturated heterocycles. The first-order chi connectivity index (χ1) is 7.83. The first-order valence-corrected chi connectivity index (χ1v) is 6.83. The van der Waals surface area contributed by atoms with E-state index in [1.807, 2.05) is 13.8 Å². The molecule has 1 aliphatic rings. The molecule has 6 heteroatoms. The molecule has 1 rings (SSSR count). The van der Waals surface area contributed by atoms with Crippen LogP contribution in [0.15, 0.2) is 0 Å². The molecule has 1 fully saturated rings. The highest BCUT2D eigenvalue weighted by Gasteiger charge is 2.36. The fourth-order valence-corrected chi connectivity index (χ4v) is 2.64. The zero-order valence-corrected chi connectivity index (χ0v) is 11.1. The summed E-state index contributed by atoms with van der Waals surface area (Å²) < 4.78 is 41.6. The fourth-order valence-electron chi connectivity index (χ4n) is 1.88. The Hall–Kier alpha value is 0.0600. The van der Waals surface area contributed by atoms with Crippen LogP contribution < -0.4 is 5.32 Å². The molecule has 0 aliphatic carbocycles. The molecular weight excluding hydrogens is 251 g/mol. The van der Waals surface area contributed by atoms with Crippen molar-refractivity contribution >= 4 is 11.8 Å². The highest BCUT2D eigenvalue weighted by atomic mass is 32.2. The van der Waals surface area contributed by atoms with Gasteiger partial charge in [-0.1, -0.05) is 25.6 Å². The molecule has 1 aliphatic heterocycles. The lowest BCUT2D eigenvalue weighted by Gasteiger charge is -2.28. The van der Waals surface area contributed by atoms with Gasteiger partial charge in [0.1, 0.15) is 0 Å².